The van der Waals surface area contributed by atoms with Crippen molar-refractivity contribution in [1.29, 1.82) is 0 Å². The normalized spacial score (nSPS) is 11.0. The molecule has 4 aromatic carbocycles. The van der Waals surface area contributed by atoms with Crippen LogP contribution >= 0.6 is 0 Å². The summed E-state index contributed by atoms with van der Waals surface area (Å²) in [5.74, 6) is 0.317. The van der Waals surface area contributed by atoms with E-state index in [9.17, 15) is 5.11 Å². The summed E-state index contributed by atoms with van der Waals surface area (Å²) in [6.45, 7) is 0. The van der Waals surface area contributed by atoms with Crippen molar-refractivity contribution in [1.82, 2.24) is 0 Å². The summed E-state index contributed by atoms with van der Waals surface area (Å²) in [5.41, 5.74) is 1.91. The number of benzene rings is 4. The van der Waals surface area contributed by atoms with Crippen LogP contribution in [-0.2, 0) is 0 Å². The van der Waals surface area contributed by atoms with Crippen molar-refractivity contribution in [2.75, 3.05) is 0 Å². The van der Waals surface area contributed by atoms with E-state index in [1.165, 1.54) is 21.5 Å². The fourth-order valence-corrected chi connectivity index (χ4v) is 2.90. The number of hydrogen-bond acceptors (Lipinski definition) is 1. The molecule has 0 amide bonds. The maximum absolute atomic E-state index is 10.0. The van der Waals surface area contributed by atoms with E-state index in [-0.39, 0.29) is 0 Å². The first-order chi connectivity index (χ1) is 10.3. The van der Waals surface area contributed by atoms with Gasteiger partial charge in [0.05, 0.1) is 0 Å². The molecular formula is C20H14O. The minimum atomic E-state index is 0.317. The lowest BCUT2D eigenvalue weighted by Gasteiger charge is -2.08. The van der Waals surface area contributed by atoms with Crippen molar-refractivity contribution < 1.29 is 5.11 Å². The molecule has 21 heavy (non-hydrogen) atoms. The second-order valence-electron chi connectivity index (χ2n) is 5.24. The number of rotatable bonds is 1. The van der Waals surface area contributed by atoms with Gasteiger partial charge < -0.3 is 5.11 Å². The molecule has 0 fully saturated rings. The zero-order valence-corrected chi connectivity index (χ0v) is 11.5. The Balaban J connectivity index is 1.99. The molecule has 0 saturated heterocycles. The molecule has 4 aromatic rings. The summed E-state index contributed by atoms with van der Waals surface area (Å²) < 4.78 is 0. The highest BCUT2D eigenvalue weighted by Gasteiger charge is 2.05. The minimum absolute atomic E-state index is 0.317. The van der Waals surface area contributed by atoms with Gasteiger partial charge in [-0.05, 0) is 39.2 Å². The van der Waals surface area contributed by atoms with Gasteiger partial charge in [-0.1, -0.05) is 66.7 Å². The quantitative estimate of drug-likeness (QED) is 0.461. The van der Waals surface area contributed by atoms with E-state index in [2.05, 4.69) is 54.6 Å². The highest BCUT2D eigenvalue weighted by atomic mass is 16.3. The second-order valence-corrected chi connectivity index (χ2v) is 5.24. The Kier molecular flexibility index (Phi) is 2.65. The molecule has 1 N–H and O–H groups in total. The molecule has 1 nitrogen and oxygen atoms in total. The Hall–Kier alpha value is -2.80. The van der Waals surface area contributed by atoms with Gasteiger partial charge >= 0.3 is 0 Å². The lowest BCUT2D eigenvalue weighted by atomic mass is 9.97. The van der Waals surface area contributed by atoms with Crippen molar-refractivity contribution in [3.05, 3.63) is 78.9 Å². The maximum Gasteiger partial charge on any atom is 0.123 e. The second kappa shape index (κ2) is 4.64. The molecule has 100 valence electrons. The van der Waals surface area contributed by atoms with Crippen LogP contribution < -0.4 is 0 Å². The number of para-hydroxylation sites is 1. The lowest BCUT2D eigenvalue weighted by Crippen LogP contribution is -1.81. The third kappa shape index (κ3) is 1.95. The van der Waals surface area contributed by atoms with Crippen LogP contribution in [0.25, 0.3) is 32.7 Å². The molecule has 0 aliphatic rings. The van der Waals surface area contributed by atoms with E-state index in [1.807, 2.05) is 18.2 Å². The van der Waals surface area contributed by atoms with E-state index in [0.29, 0.717) is 5.75 Å². The molecule has 0 spiro atoms. The molecule has 0 heterocycles. The van der Waals surface area contributed by atoms with Crippen molar-refractivity contribution in [3.63, 3.8) is 0 Å². The predicted octanol–water partition coefficient (Wildman–Crippen LogP) is 5.37. The van der Waals surface area contributed by atoms with Crippen LogP contribution in [0.3, 0.4) is 0 Å². The molecule has 0 aromatic heterocycles. The fourth-order valence-electron chi connectivity index (χ4n) is 2.90. The zero-order chi connectivity index (χ0) is 14.2. The Labute approximate surface area is 123 Å². The standard InChI is InChI=1S/C20H14O/c21-20-8-4-3-7-19(20)16-11-12-18-15(13-16)10-9-14-5-1-2-6-17(14)18/h1-13,21H. The molecule has 0 unspecified atom stereocenters. The number of fused-ring (bicyclic) bond motifs is 3. The van der Waals surface area contributed by atoms with E-state index >= 15 is 0 Å². The topological polar surface area (TPSA) is 20.2 Å². The number of phenols is 1. The van der Waals surface area contributed by atoms with Crippen molar-refractivity contribution in [3.8, 4) is 16.9 Å². The van der Waals surface area contributed by atoms with Crippen LogP contribution in [0.15, 0.2) is 78.9 Å². The van der Waals surface area contributed by atoms with E-state index in [4.69, 9.17) is 0 Å². The van der Waals surface area contributed by atoms with E-state index < -0.39 is 0 Å². The lowest BCUT2D eigenvalue weighted by molar-refractivity contribution is 0.477. The molecule has 0 aliphatic carbocycles. The Morgan fingerprint density at radius 3 is 2.19 bits per heavy atom. The van der Waals surface area contributed by atoms with Crippen LogP contribution in [-0.4, -0.2) is 5.11 Å². The van der Waals surface area contributed by atoms with Gasteiger partial charge in [-0.25, -0.2) is 0 Å². The Morgan fingerprint density at radius 1 is 0.571 bits per heavy atom. The highest BCUT2D eigenvalue weighted by molar-refractivity contribution is 6.08. The zero-order valence-electron chi connectivity index (χ0n) is 11.5. The van der Waals surface area contributed by atoms with Gasteiger partial charge in [0.25, 0.3) is 0 Å². The molecule has 4 rings (SSSR count). The first-order valence-electron chi connectivity index (χ1n) is 7.03. The molecule has 0 bridgehead atoms. The SMILES string of the molecule is Oc1ccccc1-c1ccc2c(ccc3ccccc32)c1. The third-order valence-electron chi connectivity index (χ3n) is 3.96. The Bertz CT molecular complexity index is 954. The smallest absolute Gasteiger partial charge is 0.123 e. The summed E-state index contributed by atoms with van der Waals surface area (Å²) in [5, 5.41) is 15.0. The highest BCUT2D eigenvalue weighted by Crippen LogP contribution is 2.33. The molecule has 1 heteroatoms. The summed E-state index contributed by atoms with van der Waals surface area (Å²) in [6.07, 6.45) is 0. The monoisotopic (exact) mass is 270 g/mol. The third-order valence-corrected chi connectivity index (χ3v) is 3.96. The van der Waals surface area contributed by atoms with Gasteiger partial charge in [-0.2, -0.15) is 0 Å². The van der Waals surface area contributed by atoms with Gasteiger partial charge in [-0.3, -0.25) is 0 Å². The fraction of sp³-hybridized carbons (Fsp3) is 0. The van der Waals surface area contributed by atoms with Crippen LogP contribution in [0, 0.1) is 0 Å². The van der Waals surface area contributed by atoms with E-state index in [1.54, 1.807) is 6.07 Å². The van der Waals surface area contributed by atoms with E-state index in [0.717, 1.165) is 11.1 Å². The van der Waals surface area contributed by atoms with Gasteiger partial charge in [0.15, 0.2) is 0 Å². The van der Waals surface area contributed by atoms with Crippen LogP contribution in [0.1, 0.15) is 0 Å². The summed E-state index contributed by atoms with van der Waals surface area (Å²) in [4.78, 5) is 0. The number of phenolic OH excluding ortho intramolecular Hbond substituents is 1. The average Bonchev–Trinajstić information content (AvgIpc) is 2.54. The van der Waals surface area contributed by atoms with Crippen molar-refractivity contribution >= 4 is 21.5 Å². The van der Waals surface area contributed by atoms with Gasteiger partial charge in [-0.15, -0.1) is 0 Å². The summed E-state index contributed by atoms with van der Waals surface area (Å²) in [6, 6.07) is 26.5. The summed E-state index contributed by atoms with van der Waals surface area (Å²) in [7, 11) is 0. The maximum atomic E-state index is 10.0. The molecule has 0 saturated carbocycles. The minimum Gasteiger partial charge on any atom is -0.507 e. The van der Waals surface area contributed by atoms with Crippen molar-refractivity contribution in [2.45, 2.75) is 0 Å². The first kappa shape index (κ1) is 12.0. The average molecular weight is 270 g/mol. The number of hydrogen-bond donors (Lipinski definition) is 1. The molecule has 0 aliphatic heterocycles. The molecular weight excluding hydrogens is 256 g/mol. The van der Waals surface area contributed by atoms with Crippen molar-refractivity contribution in [2.24, 2.45) is 0 Å². The largest absolute Gasteiger partial charge is 0.507 e. The Morgan fingerprint density at radius 2 is 1.29 bits per heavy atom. The number of aromatic hydroxyl groups is 1. The summed E-state index contributed by atoms with van der Waals surface area (Å²) >= 11 is 0. The molecule has 0 atom stereocenters. The first-order valence-corrected chi connectivity index (χ1v) is 7.03. The van der Waals surface area contributed by atoms with Crippen LogP contribution in [0.4, 0.5) is 0 Å². The van der Waals surface area contributed by atoms with Crippen LogP contribution in [0.2, 0.25) is 0 Å². The van der Waals surface area contributed by atoms with Gasteiger partial charge in [0.2, 0.25) is 0 Å². The molecule has 0 radical (unpaired) electrons. The van der Waals surface area contributed by atoms with Gasteiger partial charge in [0.1, 0.15) is 5.75 Å². The van der Waals surface area contributed by atoms with Gasteiger partial charge in [0, 0.05) is 5.56 Å². The predicted molar refractivity (Wildman–Crippen MR) is 88.6 cm³/mol. The van der Waals surface area contributed by atoms with Crippen LogP contribution in [0.5, 0.6) is 5.75 Å².